The molecule has 2 rings (SSSR count). The lowest BCUT2D eigenvalue weighted by molar-refractivity contribution is 0.486. The number of para-hydroxylation sites is 1. The van der Waals surface area contributed by atoms with E-state index in [1.807, 2.05) is 88.4 Å². The van der Waals surface area contributed by atoms with Crippen LogP contribution in [0.15, 0.2) is 60.7 Å². The Hall–Kier alpha value is -1.57. The minimum atomic E-state index is -2.88. The van der Waals surface area contributed by atoms with Crippen molar-refractivity contribution in [3.05, 3.63) is 66.2 Å². The van der Waals surface area contributed by atoms with Crippen molar-refractivity contribution < 1.29 is 4.57 Å². The minimum absolute atomic E-state index is 0.131. The molecule has 118 valence electrons. The molecule has 0 aliphatic carbocycles. The van der Waals surface area contributed by atoms with Crippen LogP contribution in [0.4, 0.5) is 5.69 Å². The molecule has 4 heteroatoms. The molecule has 22 heavy (non-hydrogen) atoms. The number of nitrogens with one attached hydrogen (secondary N) is 2. The Kier molecular flexibility index (Phi) is 5.10. The first-order chi connectivity index (χ1) is 10.3. The maximum absolute atomic E-state index is 13.7. The highest BCUT2D eigenvalue weighted by Crippen LogP contribution is 2.56. The quantitative estimate of drug-likeness (QED) is 0.722. The van der Waals surface area contributed by atoms with Gasteiger partial charge in [0.05, 0.1) is 5.66 Å². The molecule has 2 unspecified atom stereocenters. The second-order valence-corrected chi connectivity index (χ2v) is 9.12. The summed E-state index contributed by atoms with van der Waals surface area (Å²) in [6, 6.07) is 19.7. The monoisotopic (exact) mass is 316 g/mol. The van der Waals surface area contributed by atoms with E-state index in [1.54, 1.807) is 0 Å². The van der Waals surface area contributed by atoms with Gasteiger partial charge in [-0.1, -0.05) is 48.5 Å². The highest BCUT2D eigenvalue weighted by molar-refractivity contribution is 7.63. The molecule has 0 fully saturated rings. The van der Waals surface area contributed by atoms with Gasteiger partial charge < -0.3 is 5.09 Å². The molecule has 2 aromatic rings. The lowest BCUT2D eigenvalue weighted by atomic mass is 10.1. The standard InChI is InChI=1S/C18H25N2OP/c1-15(16-11-7-5-8-12-16)22(21,20-18(2,3)4)19-17-13-9-6-10-14-17/h5-15H,1-4H3,(H2,19,20,21). The molecule has 0 heterocycles. The molecule has 2 N–H and O–H groups in total. The van der Waals surface area contributed by atoms with E-state index in [0.717, 1.165) is 11.3 Å². The molecule has 2 aromatic carbocycles. The highest BCUT2D eigenvalue weighted by Gasteiger charge is 2.34. The number of hydrogen-bond acceptors (Lipinski definition) is 1. The number of hydrogen-bond donors (Lipinski definition) is 2. The summed E-state index contributed by atoms with van der Waals surface area (Å²) in [6.45, 7) is 8.10. The summed E-state index contributed by atoms with van der Waals surface area (Å²) in [5.41, 5.74) is 1.55. The second kappa shape index (κ2) is 6.68. The molecule has 0 saturated heterocycles. The fourth-order valence-corrected chi connectivity index (χ4v) is 4.93. The van der Waals surface area contributed by atoms with E-state index in [0.29, 0.717) is 0 Å². The average Bonchev–Trinajstić information content (AvgIpc) is 2.46. The summed E-state index contributed by atoms with van der Waals surface area (Å²) < 4.78 is 13.7. The Balaban J connectivity index is 2.35. The Morgan fingerprint density at radius 1 is 0.909 bits per heavy atom. The molecule has 3 nitrogen and oxygen atoms in total. The third-order valence-corrected chi connectivity index (χ3v) is 6.38. The minimum Gasteiger partial charge on any atom is -0.324 e. The Labute approximate surface area is 133 Å². The third kappa shape index (κ3) is 4.46. The highest BCUT2D eigenvalue weighted by atomic mass is 31.2. The lowest BCUT2D eigenvalue weighted by Crippen LogP contribution is -2.36. The largest absolute Gasteiger partial charge is 0.324 e. The summed E-state index contributed by atoms with van der Waals surface area (Å²) in [5.74, 6) is 0. The lowest BCUT2D eigenvalue weighted by Gasteiger charge is -2.34. The molecule has 0 aliphatic rings. The second-order valence-electron chi connectivity index (χ2n) is 6.58. The zero-order valence-electron chi connectivity index (χ0n) is 13.7. The van der Waals surface area contributed by atoms with Crippen LogP contribution in [-0.4, -0.2) is 5.54 Å². The summed E-state index contributed by atoms with van der Waals surface area (Å²) in [5, 5.41) is 6.58. The van der Waals surface area contributed by atoms with Gasteiger partial charge in [-0.05, 0) is 45.4 Å². The van der Waals surface area contributed by atoms with E-state index in [4.69, 9.17) is 0 Å². The fourth-order valence-electron chi connectivity index (χ4n) is 2.37. The van der Waals surface area contributed by atoms with Crippen LogP contribution in [-0.2, 0) is 4.57 Å². The molecule has 0 bridgehead atoms. The van der Waals surface area contributed by atoms with Gasteiger partial charge in [-0.2, -0.15) is 0 Å². The van der Waals surface area contributed by atoms with Crippen molar-refractivity contribution in [1.29, 1.82) is 0 Å². The average molecular weight is 316 g/mol. The molecule has 0 spiro atoms. The van der Waals surface area contributed by atoms with Gasteiger partial charge in [0.15, 0.2) is 0 Å². The predicted molar refractivity (Wildman–Crippen MR) is 95.4 cm³/mol. The Morgan fingerprint density at radius 3 is 1.91 bits per heavy atom. The Morgan fingerprint density at radius 2 is 1.41 bits per heavy atom. The smallest absolute Gasteiger partial charge is 0.241 e. The topological polar surface area (TPSA) is 41.1 Å². The van der Waals surface area contributed by atoms with Crippen molar-refractivity contribution in [3.8, 4) is 0 Å². The van der Waals surface area contributed by atoms with Gasteiger partial charge in [-0.3, -0.25) is 4.57 Å². The molecule has 0 aromatic heterocycles. The first kappa shape index (κ1) is 16.8. The molecule has 0 saturated carbocycles. The number of rotatable bonds is 5. The van der Waals surface area contributed by atoms with Crippen LogP contribution < -0.4 is 10.2 Å². The SMILES string of the molecule is CC(c1ccccc1)P(=O)(Nc1ccccc1)NC(C)(C)C. The summed E-state index contributed by atoms with van der Waals surface area (Å²) >= 11 is 0. The van der Waals surface area contributed by atoms with Gasteiger partial charge in [0.25, 0.3) is 0 Å². The van der Waals surface area contributed by atoms with Gasteiger partial charge in [0.1, 0.15) is 0 Å². The van der Waals surface area contributed by atoms with Crippen molar-refractivity contribution in [2.45, 2.75) is 38.9 Å². The van der Waals surface area contributed by atoms with Crippen molar-refractivity contribution in [3.63, 3.8) is 0 Å². The zero-order valence-corrected chi connectivity index (χ0v) is 14.6. The first-order valence-corrected chi connectivity index (χ1v) is 9.35. The van der Waals surface area contributed by atoms with Crippen LogP contribution in [0.5, 0.6) is 0 Å². The predicted octanol–water partition coefficient (Wildman–Crippen LogP) is 5.44. The Bertz CT molecular complexity index is 635. The molecular formula is C18H25N2OP. The van der Waals surface area contributed by atoms with Crippen LogP contribution in [0.3, 0.4) is 0 Å². The molecule has 0 amide bonds. The maximum Gasteiger partial charge on any atom is 0.241 e. The van der Waals surface area contributed by atoms with Crippen molar-refractivity contribution >= 4 is 13.1 Å². The molecule has 0 aliphatic heterocycles. The number of benzene rings is 2. The van der Waals surface area contributed by atoms with E-state index < -0.39 is 7.44 Å². The van der Waals surface area contributed by atoms with Crippen LogP contribution in [0, 0.1) is 0 Å². The van der Waals surface area contributed by atoms with Crippen molar-refractivity contribution in [1.82, 2.24) is 5.09 Å². The first-order valence-electron chi connectivity index (χ1n) is 7.58. The van der Waals surface area contributed by atoms with E-state index in [-0.39, 0.29) is 11.2 Å². The van der Waals surface area contributed by atoms with Gasteiger partial charge in [-0.15, -0.1) is 0 Å². The van der Waals surface area contributed by atoms with Crippen LogP contribution in [0.1, 0.15) is 38.9 Å². The summed E-state index contributed by atoms with van der Waals surface area (Å²) in [4.78, 5) is 0. The normalized spacial score (nSPS) is 15.8. The van der Waals surface area contributed by atoms with Crippen LogP contribution >= 0.6 is 7.44 Å². The van der Waals surface area contributed by atoms with Gasteiger partial charge in [0.2, 0.25) is 7.44 Å². The van der Waals surface area contributed by atoms with Crippen molar-refractivity contribution in [2.75, 3.05) is 5.09 Å². The van der Waals surface area contributed by atoms with E-state index >= 15 is 0 Å². The van der Waals surface area contributed by atoms with E-state index in [2.05, 4.69) is 10.2 Å². The van der Waals surface area contributed by atoms with E-state index in [1.165, 1.54) is 0 Å². The van der Waals surface area contributed by atoms with E-state index in [9.17, 15) is 4.57 Å². The molecule has 2 atom stereocenters. The van der Waals surface area contributed by atoms with Crippen LogP contribution in [0.2, 0.25) is 0 Å². The van der Waals surface area contributed by atoms with Gasteiger partial charge in [0, 0.05) is 11.2 Å². The van der Waals surface area contributed by atoms with Gasteiger partial charge >= 0.3 is 0 Å². The maximum atomic E-state index is 13.7. The third-order valence-electron chi connectivity index (χ3n) is 3.40. The summed E-state index contributed by atoms with van der Waals surface area (Å²) in [6.07, 6.45) is 0. The van der Waals surface area contributed by atoms with Crippen LogP contribution in [0.25, 0.3) is 0 Å². The number of anilines is 1. The zero-order chi connectivity index (χ0) is 16.2. The molecular weight excluding hydrogens is 291 g/mol. The molecule has 0 radical (unpaired) electrons. The summed E-state index contributed by atoms with van der Waals surface area (Å²) in [7, 11) is -2.88. The fraction of sp³-hybridized carbons (Fsp3) is 0.333. The van der Waals surface area contributed by atoms with Gasteiger partial charge in [-0.25, -0.2) is 5.09 Å². The van der Waals surface area contributed by atoms with Crippen molar-refractivity contribution in [2.24, 2.45) is 0 Å².